The Hall–Kier alpha value is -1.46. The summed E-state index contributed by atoms with van der Waals surface area (Å²) in [5.41, 5.74) is -3.96. The second kappa shape index (κ2) is 17.1. The van der Waals surface area contributed by atoms with Gasteiger partial charge in [0, 0.05) is 58.6 Å². The van der Waals surface area contributed by atoms with Crippen LogP contribution in [0.5, 0.6) is 0 Å². The van der Waals surface area contributed by atoms with E-state index in [0.717, 1.165) is 0 Å². The number of ether oxygens (including phenoxy) is 5. The van der Waals surface area contributed by atoms with E-state index in [1.54, 1.807) is 39.8 Å². The van der Waals surface area contributed by atoms with E-state index in [-0.39, 0.29) is 62.2 Å². The highest BCUT2D eigenvalue weighted by atomic mass is 16.7. The van der Waals surface area contributed by atoms with Gasteiger partial charge in [0.15, 0.2) is 12.6 Å². The summed E-state index contributed by atoms with van der Waals surface area (Å²) in [5, 5.41) is 38.6. The first-order chi connectivity index (χ1) is 23.1. The third kappa shape index (κ3) is 9.74. The van der Waals surface area contributed by atoms with Gasteiger partial charge in [-0.15, -0.1) is 0 Å². The molecule has 0 aromatic carbocycles. The molecule has 14 atom stereocenters. The number of nitrogens with zero attached hydrogens (tertiary/aromatic N) is 3. The van der Waals surface area contributed by atoms with Crippen LogP contribution in [0.4, 0.5) is 0 Å². The highest BCUT2D eigenvalue weighted by Crippen LogP contribution is 2.43. The molecule has 0 saturated carbocycles. The number of aliphatic hydroxyl groups is 3. The fourth-order valence-electron chi connectivity index (χ4n) is 8.36. The van der Waals surface area contributed by atoms with Gasteiger partial charge >= 0.3 is 0 Å². The fourth-order valence-corrected chi connectivity index (χ4v) is 8.36. The molecule has 3 aliphatic rings. The van der Waals surface area contributed by atoms with E-state index < -0.39 is 65.6 Å². The average molecular weight is 717 g/mol. The first-order valence-corrected chi connectivity index (χ1v) is 18.2. The SMILES string of the molecule is CO[C@]1(C)C[C@H](O[C@H]2[C@H](C)[C@@H](O[C@@H]3O[C@H](C)C[C@H](N(C)C)[C@H]3O)[C@](C)(O)C[C@@H](C)CN(C)C(=O)CCNC(=O)[C@@H]2C)O[C@@H](C)[C@]1(O)CN(C)C. The Balaban J connectivity index is 2.08. The summed E-state index contributed by atoms with van der Waals surface area (Å²) in [5.74, 6) is -2.02. The van der Waals surface area contributed by atoms with Crippen LogP contribution in [0.25, 0.3) is 0 Å². The van der Waals surface area contributed by atoms with Crippen LogP contribution in [0.2, 0.25) is 0 Å². The molecular formula is C36H68N4O10. The topological polar surface area (TPSA) is 163 Å². The summed E-state index contributed by atoms with van der Waals surface area (Å²) in [6.07, 6.45) is -4.67. The van der Waals surface area contributed by atoms with Gasteiger partial charge in [-0.2, -0.15) is 0 Å². The Labute approximate surface area is 300 Å². The third-order valence-electron chi connectivity index (χ3n) is 11.3. The van der Waals surface area contributed by atoms with Crippen LogP contribution in [0.3, 0.4) is 0 Å². The van der Waals surface area contributed by atoms with Crippen molar-refractivity contribution < 1.29 is 48.6 Å². The van der Waals surface area contributed by atoms with Crippen LogP contribution in [-0.2, 0) is 33.3 Å². The van der Waals surface area contributed by atoms with Crippen LogP contribution >= 0.6 is 0 Å². The highest BCUT2D eigenvalue weighted by molar-refractivity contribution is 5.80. The lowest BCUT2D eigenvalue weighted by molar-refractivity contribution is -0.338. The molecule has 0 aliphatic carbocycles. The number of hydrogen-bond acceptors (Lipinski definition) is 12. The zero-order valence-corrected chi connectivity index (χ0v) is 32.8. The predicted octanol–water partition coefficient (Wildman–Crippen LogP) is 1.04. The maximum atomic E-state index is 13.8. The van der Waals surface area contributed by atoms with Crippen molar-refractivity contribution in [3.8, 4) is 0 Å². The fraction of sp³-hybridized carbons (Fsp3) is 0.944. The van der Waals surface area contributed by atoms with Gasteiger partial charge < -0.3 is 59.0 Å². The van der Waals surface area contributed by atoms with Crippen molar-refractivity contribution >= 4 is 11.8 Å². The molecule has 0 spiro atoms. The number of nitrogens with one attached hydrogen (secondary N) is 1. The van der Waals surface area contributed by atoms with E-state index in [9.17, 15) is 24.9 Å². The Morgan fingerprint density at radius 1 is 1.00 bits per heavy atom. The molecule has 3 aliphatic heterocycles. The molecule has 0 aromatic rings. The van der Waals surface area contributed by atoms with Crippen LogP contribution in [-0.4, -0.2) is 170 Å². The predicted molar refractivity (Wildman–Crippen MR) is 188 cm³/mol. The van der Waals surface area contributed by atoms with Crippen molar-refractivity contribution in [2.75, 3.05) is 62.0 Å². The average Bonchev–Trinajstić information content (AvgIpc) is 3.00. The standard InChI is InChI=1S/C36H68N4O10/c1-21-17-34(6,44)31(50-33-29(42)26(39(10)11)16-22(2)47-33)23(3)30(24(4)32(43)37-15-14-27(41)40(12)19-21)49-28-18-35(7,46-13)36(45,20-38(8)9)25(5)48-28/h21-26,28-31,33,42,44-45H,14-20H2,1-13H3,(H,37,43)/t21-,22-,23+,24-,25+,26+,28+,29-,30+,31-,33+,34-,35-,36-/m1/s1. The van der Waals surface area contributed by atoms with Gasteiger partial charge in [-0.25, -0.2) is 0 Å². The molecule has 2 amide bonds. The van der Waals surface area contributed by atoms with E-state index >= 15 is 0 Å². The smallest absolute Gasteiger partial charge is 0.225 e. The van der Waals surface area contributed by atoms with E-state index in [4.69, 9.17) is 23.7 Å². The lowest BCUT2D eigenvalue weighted by atomic mass is 9.75. The summed E-state index contributed by atoms with van der Waals surface area (Å²) in [7, 11) is 10.8. The Morgan fingerprint density at radius 2 is 1.64 bits per heavy atom. The molecule has 292 valence electrons. The lowest BCUT2D eigenvalue weighted by Gasteiger charge is -2.54. The molecule has 3 saturated heterocycles. The van der Waals surface area contributed by atoms with Gasteiger partial charge in [-0.05, 0) is 74.6 Å². The Bertz CT molecular complexity index is 1130. The quantitative estimate of drug-likeness (QED) is 0.283. The Morgan fingerprint density at radius 3 is 2.22 bits per heavy atom. The molecule has 3 heterocycles. The number of carbonyl (C=O) groups excluding carboxylic acids is 2. The van der Waals surface area contributed by atoms with E-state index in [2.05, 4.69) is 5.32 Å². The third-order valence-corrected chi connectivity index (χ3v) is 11.3. The zero-order chi connectivity index (χ0) is 37.9. The zero-order valence-electron chi connectivity index (χ0n) is 32.8. The number of aliphatic hydroxyl groups excluding tert-OH is 1. The van der Waals surface area contributed by atoms with E-state index in [1.165, 1.54) is 0 Å². The van der Waals surface area contributed by atoms with Gasteiger partial charge in [-0.1, -0.05) is 20.8 Å². The molecule has 0 radical (unpaired) electrons. The van der Waals surface area contributed by atoms with Gasteiger partial charge in [0.25, 0.3) is 0 Å². The van der Waals surface area contributed by atoms with Crippen molar-refractivity contribution in [1.82, 2.24) is 20.0 Å². The minimum Gasteiger partial charge on any atom is -0.387 e. The molecule has 3 fully saturated rings. The first kappa shape index (κ1) is 42.9. The van der Waals surface area contributed by atoms with Crippen molar-refractivity contribution in [3.05, 3.63) is 0 Å². The van der Waals surface area contributed by atoms with Crippen LogP contribution in [0, 0.1) is 17.8 Å². The van der Waals surface area contributed by atoms with Crippen LogP contribution < -0.4 is 5.32 Å². The molecule has 14 heteroatoms. The number of rotatable bonds is 8. The summed E-state index contributed by atoms with van der Waals surface area (Å²) in [6.45, 7) is 13.6. The monoisotopic (exact) mass is 716 g/mol. The number of amides is 2. The van der Waals surface area contributed by atoms with E-state index in [0.29, 0.717) is 13.0 Å². The first-order valence-electron chi connectivity index (χ1n) is 18.2. The van der Waals surface area contributed by atoms with Gasteiger partial charge in [0.05, 0.1) is 35.9 Å². The minimum absolute atomic E-state index is 0.119. The maximum Gasteiger partial charge on any atom is 0.225 e. The molecule has 3 rings (SSSR count). The molecule has 14 nitrogen and oxygen atoms in total. The van der Waals surface area contributed by atoms with E-state index in [1.807, 2.05) is 65.7 Å². The van der Waals surface area contributed by atoms with Gasteiger partial charge in [0.1, 0.15) is 17.3 Å². The van der Waals surface area contributed by atoms with Crippen molar-refractivity contribution in [1.29, 1.82) is 0 Å². The summed E-state index contributed by atoms with van der Waals surface area (Å²) < 4.78 is 32.0. The molecule has 4 N–H and O–H groups in total. The van der Waals surface area contributed by atoms with Gasteiger partial charge in [0.2, 0.25) is 11.8 Å². The van der Waals surface area contributed by atoms with Crippen molar-refractivity contribution in [3.63, 3.8) is 0 Å². The number of methoxy groups -OCH3 is 1. The molecule has 0 aromatic heterocycles. The Kier molecular flexibility index (Phi) is 14.7. The normalized spacial score (nSPS) is 44.7. The van der Waals surface area contributed by atoms with Crippen LogP contribution in [0.15, 0.2) is 0 Å². The second-order valence-electron chi connectivity index (χ2n) is 16.4. The summed E-state index contributed by atoms with van der Waals surface area (Å²) >= 11 is 0. The van der Waals surface area contributed by atoms with Crippen molar-refractivity contribution in [2.24, 2.45) is 17.8 Å². The number of carbonyl (C=O) groups is 2. The highest BCUT2D eigenvalue weighted by Gasteiger charge is 2.58. The maximum absolute atomic E-state index is 13.8. The molecular weight excluding hydrogens is 648 g/mol. The van der Waals surface area contributed by atoms with Gasteiger partial charge in [-0.3, -0.25) is 9.59 Å². The summed E-state index contributed by atoms with van der Waals surface area (Å²) in [6, 6.07) is -0.248. The minimum atomic E-state index is -1.52. The summed E-state index contributed by atoms with van der Waals surface area (Å²) in [4.78, 5) is 32.1. The number of hydrogen-bond donors (Lipinski definition) is 4. The van der Waals surface area contributed by atoms with Crippen molar-refractivity contribution in [2.45, 2.75) is 140 Å². The number of likely N-dealkylation sites (N-methyl/N-ethyl adjacent to an activating group) is 2. The molecule has 0 bridgehead atoms. The largest absolute Gasteiger partial charge is 0.387 e. The molecule has 50 heavy (non-hydrogen) atoms. The second-order valence-corrected chi connectivity index (χ2v) is 16.4. The van der Waals surface area contributed by atoms with Crippen LogP contribution in [0.1, 0.15) is 74.1 Å². The molecule has 0 unspecified atom stereocenters. The lowest BCUT2D eigenvalue weighted by Crippen LogP contribution is -2.70.